The molecule has 0 aliphatic heterocycles. The lowest BCUT2D eigenvalue weighted by molar-refractivity contribution is -0.137. The number of unbranched alkanes of at least 4 members (excludes halogenated alkanes) is 1. The predicted octanol–water partition coefficient (Wildman–Crippen LogP) is 5.10. The molecule has 3 rings (SSSR count). The molecule has 2 aromatic carbocycles. The van der Waals surface area contributed by atoms with Crippen molar-refractivity contribution < 1.29 is 41.7 Å². The highest BCUT2D eigenvalue weighted by Crippen LogP contribution is 2.35. The van der Waals surface area contributed by atoms with E-state index in [9.17, 15) is 22.4 Å². The van der Waals surface area contributed by atoms with Crippen LogP contribution in [0.15, 0.2) is 24.3 Å². The Hall–Kier alpha value is -2.81. The van der Waals surface area contributed by atoms with Gasteiger partial charge in [0.1, 0.15) is 11.9 Å². The number of hydrogen-bond acceptors (Lipinski definition) is 4. The molecule has 9 heteroatoms. The van der Waals surface area contributed by atoms with Crippen LogP contribution in [0.4, 0.5) is 17.6 Å². The van der Waals surface area contributed by atoms with Gasteiger partial charge in [0.15, 0.2) is 29.0 Å². The first-order valence-electron chi connectivity index (χ1n) is 9.81. The van der Waals surface area contributed by atoms with Gasteiger partial charge in [0.25, 0.3) is 0 Å². The van der Waals surface area contributed by atoms with Crippen molar-refractivity contribution in [2.45, 2.75) is 44.3 Å². The molecule has 0 heterocycles. The molecule has 5 nitrogen and oxygen atoms in total. The van der Waals surface area contributed by atoms with Gasteiger partial charge in [-0.2, -0.15) is 0 Å². The van der Waals surface area contributed by atoms with Crippen LogP contribution >= 0.6 is 0 Å². The number of carbonyl (C=O) groups is 1. The van der Waals surface area contributed by atoms with Crippen LogP contribution in [0.1, 0.15) is 32.1 Å². The van der Waals surface area contributed by atoms with Crippen LogP contribution in [0.5, 0.6) is 11.5 Å². The number of rotatable bonds is 10. The van der Waals surface area contributed by atoms with E-state index >= 15 is 0 Å². The normalized spacial score (nSPS) is 17.8. The summed E-state index contributed by atoms with van der Waals surface area (Å²) in [4.78, 5) is 10.5. The number of hydrogen-bond donors (Lipinski definition) is 1. The van der Waals surface area contributed by atoms with Crippen LogP contribution in [0, 0.1) is 23.3 Å². The molecule has 1 saturated carbocycles. The summed E-state index contributed by atoms with van der Waals surface area (Å²) >= 11 is 0. The molecule has 0 unspecified atom stereocenters. The van der Waals surface area contributed by atoms with E-state index in [-0.39, 0.29) is 48.5 Å². The number of carboxylic acid groups (broad SMARTS) is 1. The Morgan fingerprint density at radius 2 is 1.68 bits per heavy atom. The Bertz CT molecular complexity index is 921. The second-order valence-electron chi connectivity index (χ2n) is 7.30. The van der Waals surface area contributed by atoms with E-state index in [2.05, 4.69) is 0 Å². The fraction of sp³-hybridized carbons (Fsp3) is 0.409. The fourth-order valence-corrected chi connectivity index (χ4v) is 3.25. The first kappa shape index (κ1) is 22.9. The number of benzene rings is 2. The van der Waals surface area contributed by atoms with Crippen molar-refractivity contribution in [2.24, 2.45) is 0 Å². The van der Waals surface area contributed by atoms with Gasteiger partial charge in [0.05, 0.1) is 12.7 Å². The van der Waals surface area contributed by atoms with Crippen molar-refractivity contribution in [1.29, 1.82) is 0 Å². The molecule has 0 amide bonds. The molecule has 2 aromatic rings. The number of ether oxygens (including phenoxy) is 3. The third kappa shape index (κ3) is 5.66. The summed E-state index contributed by atoms with van der Waals surface area (Å²) < 4.78 is 73.1. The van der Waals surface area contributed by atoms with E-state index in [0.717, 1.165) is 18.2 Å². The van der Waals surface area contributed by atoms with E-state index in [1.807, 2.05) is 0 Å². The highest BCUT2D eigenvalue weighted by Gasteiger charge is 2.31. The minimum Gasteiger partial charge on any atom is -0.490 e. The van der Waals surface area contributed by atoms with Gasteiger partial charge in [0.2, 0.25) is 0 Å². The zero-order chi connectivity index (χ0) is 22.5. The van der Waals surface area contributed by atoms with E-state index < -0.39 is 35.0 Å². The van der Waals surface area contributed by atoms with Gasteiger partial charge in [0, 0.05) is 38.0 Å². The van der Waals surface area contributed by atoms with Gasteiger partial charge in [-0.15, -0.1) is 0 Å². The predicted molar refractivity (Wildman–Crippen MR) is 103 cm³/mol. The molecule has 0 aromatic heterocycles. The van der Waals surface area contributed by atoms with Gasteiger partial charge in [-0.1, -0.05) is 0 Å². The molecule has 0 atom stereocenters. The summed E-state index contributed by atoms with van der Waals surface area (Å²) in [6, 6.07) is 3.78. The summed E-state index contributed by atoms with van der Waals surface area (Å²) in [7, 11) is 1.57. The quantitative estimate of drug-likeness (QED) is 0.410. The first-order chi connectivity index (χ1) is 14.8. The lowest BCUT2D eigenvalue weighted by Gasteiger charge is -2.34. The maximum absolute atomic E-state index is 14.4. The lowest BCUT2D eigenvalue weighted by Crippen LogP contribution is -2.38. The van der Waals surface area contributed by atoms with Crippen molar-refractivity contribution >= 4 is 5.97 Å². The molecule has 0 bridgehead atoms. The Kier molecular flexibility index (Phi) is 7.37. The van der Waals surface area contributed by atoms with Gasteiger partial charge in [-0.3, -0.25) is 4.79 Å². The van der Waals surface area contributed by atoms with Crippen LogP contribution in [-0.4, -0.2) is 37.0 Å². The van der Waals surface area contributed by atoms with E-state index in [1.54, 1.807) is 7.11 Å². The zero-order valence-corrected chi connectivity index (χ0v) is 16.8. The highest BCUT2D eigenvalue weighted by atomic mass is 19.2. The molecule has 1 fully saturated rings. The molecule has 0 saturated heterocycles. The SMILES string of the molecule is COC1CC(Oc2cc(F)c(F)c(-c3cc(F)c(OCCCCC(=O)O)c(F)c3)c2)C1. The number of methoxy groups -OCH3 is 1. The first-order valence-corrected chi connectivity index (χ1v) is 9.81. The average molecular weight is 442 g/mol. The third-order valence-electron chi connectivity index (χ3n) is 5.03. The molecule has 1 N–H and O–H groups in total. The Morgan fingerprint density at radius 3 is 2.29 bits per heavy atom. The minimum atomic E-state index is -1.25. The Morgan fingerprint density at radius 1 is 1.00 bits per heavy atom. The Balaban J connectivity index is 1.75. The van der Waals surface area contributed by atoms with Crippen molar-refractivity contribution in [1.82, 2.24) is 0 Å². The monoisotopic (exact) mass is 442 g/mol. The van der Waals surface area contributed by atoms with Crippen LogP contribution < -0.4 is 9.47 Å². The Labute approximate surface area is 176 Å². The summed E-state index contributed by atoms with van der Waals surface area (Å²) in [5, 5.41) is 8.57. The topological polar surface area (TPSA) is 65.0 Å². The van der Waals surface area contributed by atoms with E-state index in [0.29, 0.717) is 19.3 Å². The summed E-state index contributed by atoms with van der Waals surface area (Å²) in [6.45, 7) is -0.0867. The van der Waals surface area contributed by atoms with Crippen LogP contribution in [0.3, 0.4) is 0 Å². The van der Waals surface area contributed by atoms with Crippen molar-refractivity contribution in [3.05, 3.63) is 47.5 Å². The number of halogens is 4. The van der Waals surface area contributed by atoms with Crippen LogP contribution in [-0.2, 0) is 9.53 Å². The second kappa shape index (κ2) is 10.00. The van der Waals surface area contributed by atoms with Gasteiger partial charge >= 0.3 is 5.97 Å². The van der Waals surface area contributed by atoms with Crippen LogP contribution in [0.2, 0.25) is 0 Å². The van der Waals surface area contributed by atoms with E-state index in [4.69, 9.17) is 19.3 Å². The van der Waals surface area contributed by atoms with Crippen molar-refractivity contribution in [3.8, 4) is 22.6 Å². The number of aliphatic carboxylic acids is 1. The van der Waals surface area contributed by atoms with Gasteiger partial charge in [-0.05, 0) is 36.6 Å². The molecule has 31 heavy (non-hydrogen) atoms. The maximum Gasteiger partial charge on any atom is 0.303 e. The maximum atomic E-state index is 14.4. The lowest BCUT2D eigenvalue weighted by atomic mass is 9.92. The minimum absolute atomic E-state index is 0.0491. The van der Waals surface area contributed by atoms with E-state index in [1.165, 1.54) is 6.07 Å². The average Bonchev–Trinajstić information content (AvgIpc) is 2.68. The zero-order valence-electron chi connectivity index (χ0n) is 16.8. The van der Waals surface area contributed by atoms with Crippen molar-refractivity contribution in [3.63, 3.8) is 0 Å². The largest absolute Gasteiger partial charge is 0.490 e. The second-order valence-corrected chi connectivity index (χ2v) is 7.30. The molecule has 1 aliphatic carbocycles. The summed E-state index contributed by atoms with van der Waals surface area (Å²) in [6.07, 6.45) is 1.54. The molecular formula is C22H22F4O5. The van der Waals surface area contributed by atoms with Crippen LogP contribution in [0.25, 0.3) is 11.1 Å². The van der Waals surface area contributed by atoms with Gasteiger partial charge in [-0.25, -0.2) is 17.6 Å². The molecule has 0 radical (unpaired) electrons. The molecular weight excluding hydrogens is 420 g/mol. The van der Waals surface area contributed by atoms with Crippen molar-refractivity contribution in [2.75, 3.05) is 13.7 Å². The molecule has 1 aliphatic rings. The smallest absolute Gasteiger partial charge is 0.303 e. The summed E-state index contributed by atoms with van der Waals surface area (Å²) in [5.41, 5.74) is -0.554. The fourth-order valence-electron chi connectivity index (χ4n) is 3.25. The summed E-state index contributed by atoms with van der Waals surface area (Å²) in [5.74, 6) is -6.20. The molecule has 0 spiro atoms. The van der Waals surface area contributed by atoms with Gasteiger partial charge < -0.3 is 19.3 Å². The standard InChI is InChI=1S/C22H22F4O5/c1-29-13-8-14(9-13)31-15-10-16(21(26)17(23)11-15)12-6-18(24)22(19(25)7-12)30-5-3-2-4-20(27)28/h6-7,10-11,13-14H,2-5,8-9H2,1H3,(H,27,28). The molecule has 168 valence electrons. The highest BCUT2D eigenvalue weighted by molar-refractivity contribution is 5.67. The third-order valence-corrected chi connectivity index (χ3v) is 5.03. The number of carboxylic acids is 1.